The molecule has 0 rings (SSSR count). The first-order valence-corrected chi connectivity index (χ1v) is 5.01. The summed E-state index contributed by atoms with van der Waals surface area (Å²) in [5.74, 6) is -0.394. The lowest BCUT2D eigenvalue weighted by molar-refractivity contribution is -0.155. The van der Waals surface area contributed by atoms with Crippen molar-refractivity contribution in [3.63, 3.8) is 0 Å². The fourth-order valence-electron chi connectivity index (χ4n) is 1.10. The van der Waals surface area contributed by atoms with Gasteiger partial charge in [0.1, 0.15) is 11.8 Å². The highest BCUT2D eigenvalue weighted by Gasteiger charge is 2.20. The van der Waals surface area contributed by atoms with E-state index in [1.807, 2.05) is 0 Å². The molecule has 5 heteroatoms. The van der Waals surface area contributed by atoms with E-state index < -0.39 is 23.8 Å². The molecule has 0 saturated carbocycles. The first-order chi connectivity index (χ1) is 6.74. The molecule has 0 aliphatic carbocycles. The standard InChI is InChI=1S/C10H21NO4/c1-7(13)11-8(6-12)5-9(14)15-10(2,3)4/h7-8,11-13H,5-6H2,1-4H3/t7?,8-/m0/s1. The van der Waals surface area contributed by atoms with Crippen molar-refractivity contribution in [2.24, 2.45) is 0 Å². The van der Waals surface area contributed by atoms with E-state index in [2.05, 4.69) is 5.32 Å². The van der Waals surface area contributed by atoms with Crippen molar-refractivity contribution in [1.82, 2.24) is 5.32 Å². The van der Waals surface area contributed by atoms with Crippen LogP contribution in [0.5, 0.6) is 0 Å². The van der Waals surface area contributed by atoms with E-state index in [9.17, 15) is 4.79 Å². The van der Waals surface area contributed by atoms with Gasteiger partial charge in [-0.25, -0.2) is 0 Å². The van der Waals surface area contributed by atoms with Gasteiger partial charge in [-0.1, -0.05) is 0 Å². The molecule has 0 aliphatic heterocycles. The molecule has 0 aromatic rings. The molecule has 0 bridgehead atoms. The van der Waals surface area contributed by atoms with Crippen LogP contribution < -0.4 is 5.32 Å². The average molecular weight is 219 g/mol. The molecule has 0 radical (unpaired) electrons. The van der Waals surface area contributed by atoms with Gasteiger partial charge in [-0.2, -0.15) is 0 Å². The molecule has 90 valence electrons. The maximum Gasteiger partial charge on any atom is 0.307 e. The molecule has 0 aromatic carbocycles. The fourth-order valence-corrected chi connectivity index (χ4v) is 1.10. The van der Waals surface area contributed by atoms with Gasteiger partial charge in [-0.3, -0.25) is 10.1 Å². The molecule has 2 atom stereocenters. The number of rotatable bonds is 5. The number of aliphatic hydroxyl groups excluding tert-OH is 2. The summed E-state index contributed by atoms with van der Waals surface area (Å²) in [6.45, 7) is 6.64. The van der Waals surface area contributed by atoms with E-state index in [0.29, 0.717) is 0 Å². The zero-order valence-corrected chi connectivity index (χ0v) is 9.78. The number of carbonyl (C=O) groups excluding carboxylic acids is 1. The third kappa shape index (κ3) is 8.35. The number of carbonyl (C=O) groups is 1. The van der Waals surface area contributed by atoms with Gasteiger partial charge in [-0.15, -0.1) is 0 Å². The Hall–Kier alpha value is -0.650. The molecule has 0 aromatic heterocycles. The van der Waals surface area contributed by atoms with Crippen molar-refractivity contribution in [2.75, 3.05) is 6.61 Å². The maximum atomic E-state index is 11.4. The minimum atomic E-state index is -0.760. The molecule has 0 amide bonds. The van der Waals surface area contributed by atoms with E-state index in [0.717, 1.165) is 0 Å². The predicted molar refractivity (Wildman–Crippen MR) is 56.2 cm³/mol. The Morgan fingerprint density at radius 3 is 2.33 bits per heavy atom. The van der Waals surface area contributed by atoms with Crippen LogP contribution in [0.1, 0.15) is 34.1 Å². The summed E-state index contributed by atoms with van der Waals surface area (Å²) in [6.07, 6.45) is -0.719. The molecule has 0 spiro atoms. The normalized spacial score (nSPS) is 15.9. The molecule has 1 unspecified atom stereocenters. The second-order valence-corrected chi connectivity index (χ2v) is 4.51. The minimum absolute atomic E-state index is 0.0403. The topological polar surface area (TPSA) is 78.8 Å². The van der Waals surface area contributed by atoms with E-state index in [1.165, 1.54) is 6.92 Å². The molecule has 0 heterocycles. The number of aliphatic hydroxyl groups is 2. The molecule has 0 fully saturated rings. The van der Waals surface area contributed by atoms with E-state index >= 15 is 0 Å². The average Bonchev–Trinajstić information content (AvgIpc) is 1.98. The molecule has 5 nitrogen and oxygen atoms in total. The number of hydrogen-bond donors (Lipinski definition) is 3. The van der Waals surface area contributed by atoms with Crippen molar-refractivity contribution in [3.05, 3.63) is 0 Å². The van der Waals surface area contributed by atoms with Crippen molar-refractivity contribution in [3.8, 4) is 0 Å². The van der Waals surface area contributed by atoms with Gasteiger partial charge in [0.15, 0.2) is 0 Å². The Labute approximate surface area is 90.4 Å². The van der Waals surface area contributed by atoms with Crippen LogP contribution in [-0.2, 0) is 9.53 Å². The van der Waals surface area contributed by atoms with Crippen LogP contribution in [0.3, 0.4) is 0 Å². The third-order valence-electron chi connectivity index (χ3n) is 1.53. The highest BCUT2D eigenvalue weighted by Crippen LogP contribution is 2.09. The zero-order chi connectivity index (χ0) is 12.1. The summed E-state index contributed by atoms with van der Waals surface area (Å²) in [6, 6.07) is -0.472. The summed E-state index contributed by atoms with van der Waals surface area (Å²) in [7, 11) is 0. The number of hydrogen-bond acceptors (Lipinski definition) is 5. The van der Waals surface area contributed by atoms with Gasteiger partial charge in [0.2, 0.25) is 0 Å². The highest BCUT2D eigenvalue weighted by molar-refractivity contribution is 5.70. The molecule has 0 saturated heterocycles. The van der Waals surface area contributed by atoms with Crippen LogP contribution in [0.4, 0.5) is 0 Å². The van der Waals surface area contributed by atoms with Crippen LogP contribution in [0.2, 0.25) is 0 Å². The summed E-state index contributed by atoms with van der Waals surface area (Å²) in [5, 5.41) is 20.6. The largest absolute Gasteiger partial charge is 0.460 e. The quantitative estimate of drug-likeness (QED) is 0.448. The van der Waals surface area contributed by atoms with E-state index in [4.69, 9.17) is 14.9 Å². The smallest absolute Gasteiger partial charge is 0.307 e. The van der Waals surface area contributed by atoms with Crippen LogP contribution in [-0.4, -0.2) is 40.7 Å². The first-order valence-electron chi connectivity index (χ1n) is 5.01. The van der Waals surface area contributed by atoms with Gasteiger partial charge in [0, 0.05) is 6.04 Å². The van der Waals surface area contributed by atoms with Crippen LogP contribution in [0.15, 0.2) is 0 Å². The van der Waals surface area contributed by atoms with E-state index in [1.54, 1.807) is 20.8 Å². The van der Waals surface area contributed by atoms with Crippen molar-refractivity contribution in [1.29, 1.82) is 0 Å². The molecular formula is C10H21NO4. The number of ether oxygens (including phenoxy) is 1. The van der Waals surface area contributed by atoms with Crippen LogP contribution in [0, 0.1) is 0 Å². The first kappa shape index (κ1) is 14.3. The minimum Gasteiger partial charge on any atom is -0.460 e. The highest BCUT2D eigenvalue weighted by atomic mass is 16.6. The maximum absolute atomic E-state index is 11.4. The van der Waals surface area contributed by atoms with Gasteiger partial charge >= 0.3 is 5.97 Å². The van der Waals surface area contributed by atoms with Gasteiger partial charge < -0.3 is 14.9 Å². The second kappa shape index (κ2) is 6.05. The van der Waals surface area contributed by atoms with Crippen molar-refractivity contribution < 1.29 is 19.7 Å². The Balaban J connectivity index is 4.02. The summed E-state index contributed by atoms with van der Waals surface area (Å²) in [4.78, 5) is 11.4. The Morgan fingerprint density at radius 2 is 2.00 bits per heavy atom. The fraction of sp³-hybridized carbons (Fsp3) is 0.900. The predicted octanol–water partition coefficient (Wildman–Crippen LogP) is 0.00700. The van der Waals surface area contributed by atoms with E-state index in [-0.39, 0.29) is 13.0 Å². The number of nitrogens with one attached hydrogen (secondary N) is 1. The lowest BCUT2D eigenvalue weighted by atomic mass is 10.1. The van der Waals surface area contributed by atoms with Gasteiger partial charge in [0.05, 0.1) is 13.0 Å². The number of esters is 1. The SMILES string of the molecule is CC(O)N[C@H](CO)CC(=O)OC(C)(C)C. The molecule has 0 aliphatic rings. The third-order valence-corrected chi connectivity index (χ3v) is 1.53. The zero-order valence-electron chi connectivity index (χ0n) is 9.78. The molecule has 3 N–H and O–H groups in total. The Kier molecular flexibility index (Phi) is 5.79. The Morgan fingerprint density at radius 1 is 1.47 bits per heavy atom. The lowest BCUT2D eigenvalue weighted by Crippen LogP contribution is -2.41. The lowest BCUT2D eigenvalue weighted by Gasteiger charge is -2.22. The van der Waals surface area contributed by atoms with Crippen LogP contribution >= 0.6 is 0 Å². The second-order valence-electron chi connectivity index (χ2n) is 4.51. The molecule has 15 heavy (non-hydrogen) atoms. The van der Waals surface area contributed by atoms with Gasteiger partial charge in [0.25, 0.3) is 0 Å². The summed E-state index contributed by atoms with van der Waals surface area (Å²) < 4.78 is 5.08. The monoisotopic (exact) mass is 219 g/mol. The van der Waals surface area contributed by atoms with Gasteiger partial charge in [-0.05, 0) is 27.7 Å². The molecular weight excluding hydrogens is 198 g/mol. The van der Waals surface area contributed by atoms with Crippen LogP contribution in [0.25, 0.3) is 0 Å². The summed E-state index contributed by atoms with van der Waals surface area (Å²) >= 11 is 0. The van der Waals surface area contributed by atoms with Crippen molar-refractivity contribution >= 4 is 5.97 Å². The summed E-state index contributed by atoms with van der Waals surface area (Å²) in [5.41, 5.74) is -0.526. The van der Waals surface area contributed by atoms with Crippen molar-refractivity contribution in [2.45, 2.75) is 52.0 Å². The Bertz CT molecular complexity index is 198.